The molecule has 5 rings (SSSR count). The highest BCUT2D eigenvalue weighted by Crippen LogP contribution is 2.29. The number of aromatic amines is 1. The first-order valence-electron chi connectivity index (χ1n) is 10.9. The smallest absolute Gasteiger partial charge is 0.275 e. The maximum absolute atomic E-state index is 12.9. The summed E-state index contributed by atoms with van der Waals surface area (Å²) in [4.78, 5) is 24.0. The highest BCUT2D eigenvalue weighted by molar-refractivity contribution is 6.28. The van der Waals surface area contributed by atoms with E-state index in [0.717, 1.165) is 74.5 Å². The normalized spacial score (nSPS) is 15.8. The standard InChI is InChI=1S/C22H25ClN8O/c23-22-28-17-4-2-1-3-16(17)20(29-22)27-18-13-25-30-19(18)21(32)26-14-5-7-15(8-6-14)31-11-9-24-10-12-31/h5-8,13,24H,1-4,9-12H2,(H,25,30)(H,26,32)(H,27,28,29). The van der Waals surface area contributed by atoms with Crippen molar-refractivity contribution in [2.24, 2.45) is 0 Å². The van der Waals surface area contributed by atoms with E-state index in [0.29, 0.717) is 17.2 Å². The maximum Gasteiger partial charge on any atom is 0.275 e. The molecule has 1 saturated heterocycles. The molecule has 2 aliphatic rings. The summed E-state index contributed by atoms with van der Waals surface area (Å²) in [5, 5.41) is 16.6. The second-order valence-electron chi connectivity index (χ2n) is 8.00. The first kappa shape index (κ1) is 20.7. The Balaban J connectivity index is 1.30. The highest BCUT2D eigenvalue weighted by atomic mass is 35.5. The zero-order chi connectivity index (χ0) is 21.9. The van der Waals surface area contributed by atoms with Gasteiger partial charge in [0.15, 0.2) is 0 Å². The van der Waals surface area contributed by atoms with Gasteiger partial charge < -0.3 is 20.9 Å². The molecule has 4 N–H and O–H groups in total. The van der Waals surface area contributed by atoms with Gasteiger partial charge in [-0.2, -0.15) is 5.10 Å². The summed E-state index contributed by atoms with van der Waals surface area (Å²) in [6.45, 7) is 3.92. The quantitative estimate of drug-likeness (QED) is 0.440. The SMILES string of the molecule is O=C(Nc1ccc(N2CCNCC2)cc1)c1[nH]ncc1Nc1nc(Cl)nc2c1CCCC2. The summed E-state index contributed by atoms with van der Waals surface area (Å²) in [6.07, 6.45) is 5.51. The molecule has 2 aromatic heterocycles. The number of anilines is 4. The number of carbonyl (C=O) groups excluding carboxylic acids is 1. The van der Waals surface area contributed by atoms with E-state index in [2.05, 4.69) is 41.0 Å². The Labute approximate surface area is 191 Å². The molecule has 0 bridgehead atoms. The molecule has 3 aromatic rings. The van der Waals surface area contributed by atoms with Crippen LogP contribution in [0.5, 0.6) is 0 Å². The third-order valence-electron chi connectivity index (χ3n) is 5.88. The molecular formula is C22H25ClN8O. The van der Waals surface area contributed by atoms with Crippen LogP contribution in [0, 0.1) is 0 Å². The first-order chi connectivity index (χ1) is 15.7. The molecule has 0 saturated carbocycles. The zero-order valence-electron chi connectivity index (χ0n) is 17.6. The van der Waals surface area contributed by atoms with Gasteiger partial charge in [0.1, 0.15) is 11.5 Å². The van der Waals surface area contributed by atoms with Gasteiger partial charge in [-0.1, -0.05) is 0 Å². The van der Waals surface area contributed by atoms with Crippen LogP contribution in [0.3, 0.4) is 0 Å². The van der Waals surface area contributed by atoms with Crippen molar-refractivity contribution in [3.63, 3.8) is 0 Å². The molecule has 0 radical (unpaired) electrons. The number of nitrogens with zero attached hydrogens (tertiary/aromatic N) is 4. The Morgan fingerprint density at radius 1 is 1.06 bits per heavy atom. The van der Waals surface area contributed by atoms with Crippen LogP contribution in [0.25, 0.3) is 0 Å². The number of nitrogens with one attached hydrogen (secondary N) is 4. The fourth-order valence-electron chi connectivity index (χ4n) is 4.22. The number of aromatic nitrogens is 4. The van der Waals surface area contributed by atoms with Crippen LogP contribution in [-0.4, -0.2) is 52.3 Å². The van der Waals surface area contributed by atoms with Gasteiger partial charge in [-0.15, -0.1) is 0 Å². The van der Waals surface area contributed by atoms with Crippen LogP contribution in [0.4, 0.5) is 22.9 Å². The molecular weight excluding hydrogens is 428 g/mol. The lowest BCUT2D eigenvalue weighted by Gasteiger charge is -2.29. The van der Waals surface area contributed by atoms with E-state index in [1.54, 1.807) is 6.20 Å². The van der Waals surface area contributed by atoms with Crippen molar-refractivity contribution in [2.45, 2.75) is 25.7 Å². The monoisotopic (exact) mass is 452 g/mol. The number of piperazine rings is 1. The molecule has 0 atom stereocenters. The summed E-state index contributed by atoms with van der Waals surface area (Å²) < 4.78 is 0. The number of aryl methyl sites for hydroxylation is 1. The minimum Gasteiger partial charge on any atom is -0.369 e. The van der Waals surface area contributed by atoms with Crippen molar-refractivity contribution in [1.29, 1.82) is 0 Å². The van der Waals surface area contributed by atoms with Crippen molar-refractivity contribution in [2.75, 3.05) is 41.7 Å². The molecule has 10 heteroatoms. The van der Waals surface area contributed by atoms with E-state index in [4.69, 9.17) is 11.6 Å². The molecule has 32 heavy (non-hydrogen) atoms. The van der Waals surface area contributed by atoms with Crippen LogP contribution >= 0.6 is 11.6 Å². The molecule has 3 heterocycles. The lowest BCUT2D eigenvalue weighted by molar-refractivity contribution is 0.102. The van der Waals surface area contributed by atoms with Crippen molar-refractivity contribution in [3.05, 3.63) is 52.7 Å². The summed E-state index contributed by atoms with van der Waals surface area (Å²) in [7, 11) is 0. The Kier molecular flexibility index (Phi) is 5.91. The van der Waals surface area contributed by atoms with Crippen molar-refractivity contribution in [3.8, 4) is 0 Å². The largest absolute Gasteiger partial charge is 0.369 e. The molecule has 1 amide bonds. The third kappa shape index (κ3) is 4.39. The average Bonchev–Trinajstić information content (AvgIpc) is 3.28. The predicted molar refractivity (Wildman–Crippen MR) is 125 cm³/mol. The second-order valence-corrected chi connectivity index (χ2v) is 8.33. The van der Waals surface area contributed by atoms with E-state index < -0.39 is 0 Å². The summed E-state index contributed by atoms with van der Waals surface area (Å²) >= 11 is 6.13. The summed E-state index contributed by atoms with van der Waals surface area (Å²) in [5.74, 6) is 0.351. The fraction of sp³-hybridized carbons (Fsp3) is 0.364. The second kappa shape index (κ2) is 9.13. The van der Waals surface area contributed by atoms with Crippen molar-refractivity contribution >= 4 is 40.4 Å². The number of H-pyrrole nitrogens is 1. The van der Waals surface area contributed by atoms with Gasteiger partial charge in [0.05, 0.1) is 17.6 Å². The first-order valence-corrected chi connectivity index (χ1v) is 11.3. The minimum absolute atomic E-state index is 0.201. The van der Waals surface area contributed by atoms with E-state index in [1.165, 1.54) is 0 Å². The minimum atomic E-state index is -0.283. The van der Waals surface area contributed by atoms with Crippen molar-refractivity contribution in [1.82, 2.24) is 25.5 Å². The van der Waals surface area contributed by atoms with Gasteiger partial charge in [-0.3, -0.25) is 9.89 Å². The van der Waals surface area contributed by atoms with Crippen molar-refractivity contribution < 1.29 is 4.79 Å². The molecule has 9 nitrogen and oxygen atoms in total. The average molecular weight is 453 g/mol. The van der Waals surface area contributed by atoms with Crippen LogP contribution in [0.1, 0.15) is 34.6 Å². The van der Waals surface area contributed by atoms with Gasteiger partial charge in [0.2, 0.25) is 5.28 Å². The Morgan fingerprint density at radius 3 is 2.66 bits per heavy atom. The number of hydrogen-bond donors (Lipinski definition) is 4. The van der Waals surface area contributed by atoms with E-state index >= 15 is 0 Å². The lowest BCUT2D eigenvalue weighted by atomic mass is 9.96. The van der Waals surface area contributed by atoms with Gasteiger partial charge >= 0.3 is 0 Å². The van der Waals surface area contributed by atoms with E-state index in [1.807, 2.05) is 24.3 Å². The summed E-state index contributed by atoms with van der Waals surface area (Å²) in [5.41, 5.74) is 4.77. The molecule has 1 fully saturated rings. The van der Waals surface area contributed by atoms with Gasteiger partial charge in [0, 0.05) is 43.1 Å². The highest BCUT2D eigenvalue weighted by Gasteiger charge is 2.21. The Hall–Kier alpha value is -3.17. The molecule has 166 valence electrons. The zero-order valence-corrected chi connectivity index (χ0v) is 18.4. The van der Waals surface area contributed by atoms with Gasteiger partial charge in [-0.25, -0.2) is 9.97 Å². The van der Waals surface area contributed by atoms with E-state index in [-0.39, 0.29) is 11.2 Å². The molecule has 1 aromatic carbocycles. The number of halogens is 1. The Bertz CT molecular complexity index is 1110. The number of hydrogen-bond acceptors (Lipinski definition) is 7. The molecule has 0 unspecified atom stereocenters. The number of fused-ring (bicyclic) bond motifs is 1. The van der Waals surface area contributed by atoms with Crippen LogP contribution in [0.2, 0.25) is 5.28 Å². The van der Waals surface area contributed by atoms with Gasteiger partial charge in [-0.05, 0) is 61.5 Å². The Morgan fingerprint density at radius 2 is 1.84 bits per heavy atom. The van der Waals surface area contributed by atoms with Crippen LogP contribution in [0.15, 0.2) is 30.5 Å². The summed E-state index contributed by atoms with van der Waals surface area (Å²) in [6, 6.07) is 7.89. The molecule has 0 spiro atoms. The topological polar surface area (TPSA) is 111 Å². The van der Waals surface area contributed by atoms with Crippen LogP contribution < -0.4 is 20.9 Å². The van der Waals surface area contributed by atoms with Crippen LogP contribution in [-0.2, 0) is 12.8 Å². The number of rotatable bonds is 5. The molecule has 1 aliphatic carbocycles. The predicted octanol–water partition coefficient (Wildman–Crippen LogP) is 3.14. The molecule has 1 aliphatic heterocycles. The maximum atomic E-state index is 12.9. The number of benzene rings is 1. The van der Waals surface area contributed by atoms with E-state index in [9.17, 15) is 4.79 Å². The van der Waals surface area contributed by atoms with Gasteiger partial charge in [0.25, 0.3) is 5.91 Å². The lowest BCUT2D eigenvalue weighted by Crippen LogP contribution is -2.43. The number of amides is 1. The number of carbonyl (C=O) groups is 1. The third-order valence-corrected chi connectivity index (χ3v) is 6.05. The fourth-order valence-corrected chi connectivity index (χ4v) is 4.41.